The molecule has 0 spiro atoms. The number of hydrogen-bond donors (Lipinski definition) is 3. The maximum atomic E-state index is 14.0. The molecule has 2 unspecified atom stereocenters. The minimum Gasteiger partial charge on any atom is -0.494 e. The third-order valence-corrected chi connectivity index (χ3v) is 3.68. The number of rotatable bonds is 7. The van der Waals surface area contributed by atoms with Crippen molar-refractivity contribution in [3.63, 3.8) is 0 Å². The van der Waals surface area contributed by atoms with Crippen molar-refractivity contribution in [1.82, 2.24) is 10.1 Å². The van der Waals surface area contributed by atoms with Crippen LogP contribution in [0.1, 0.15) is 23.0 Å². The number of aliphatic hydroxyl groups is 1. The Hall–Kier alpha value is -3.21. The van der Waals surface area contributed by atoms with Crippen LogP contribution in [0.5, 0.6) is 5.75 Å². The van der Waals surface area contributed by atoms with Crippen molar-refractivity contribution >= 4 is 11.9 Å². The fraction of sp³-hybridized carbons (Fsp3) is 0.312. The number of benzene rings is 1. The number of aliphatic hydroxyl groups excluding tert-OH is 1. The molecule has 0 bridgehead atoms. The lowest BCUT2D eigenvalue weighted by atomic mass is 10.2. The molecule has 0 aliphatic heterocycles. The maximum Gasteiger partial charge on any atom is 0.334 e. The Bertz CT molecular complexity index is 922. The largest absolute Gasteiger partial charge is 0.494 e. The molecular weight excluding hydrogens is 370 g/mol. The minimum absolute atomic E-state index is 0.216. The molecule has 0 saturated carbocycles. The monoisotopic (exact) mass is 386 g/mol. The van der Waals surface area contributed by atoms with Crippen LogP contribution in [0.15, 0.2) is 27.5 Å². The van der Waals surface area contributed by atoms with E-state index in [1.807, 2.05) is 0 Å². The van der Waals surface area contributed by atoms with Crippen LogP contribution in [0.4, 0.5) is 8.78 Å². The lowest BCUT2D eigenvalue weighted by Gasteiger charge is -2.15. The number of aliphatic carboxylic acids is 1. The Kier molecular flexibility index (Phi) is 5.95. The molecule has 0 radical (unpaired) electrons. The molecule has 1 heterocycles. The Morgan fingerprint density at radius 2 is 2.00 bits per heavy atom. The van der Waals surface area contributed by atoms with Crippen molar-refractivity contribution in [2.24, 2.45) is 0 Å². The molecule has 2 aromatic rings. The normalized spacial score (nSPS) is 13.1. The van der Waals surface area contributed by atoms with Gasteiger partial charge in [-0.3, -0.25) is 9.59 Å². The van der Waals surface area contributed by atoms with Gasteiger partial charge in [0.05, 0.1) is 25.8 Å². The van der Waals surface area contributed by atoms with E-state index < -0.39 is 53.5 Å². The van der Waals surface area contributed by atoms with Crippen LogP contribution < -0.4 is 15.6 Å². The summed E-state index contributed by atoms with van der Waals surface area (Å²) in [5.74, 6) is -5.77. The van der Waals surface area contributed by atoms with Gasteiger partial charge in [-0.15, -0.1) is 0 Å². The summed E-state index contributed by atoms with van der Waals surface area (Å²) in [5.41, 5.74) is -1.02. The highest BCUT2D eigenvalue weighted by Crippen LogP contribution is 2.22. The molecule has 9 nitrogen and oxygen atoms in total. The van der Waals surface area contributed by atoms with E-state index in [1.54, 1.807) is 0 Å². The average molecular weight is 386 g/mol. The van der Waals surface area contributed by atoms with Crippen molar-refractivity contribution in [1.29, 1.82) is 0 Å². The summed E-state index contributed by atoms with van der Waals surface area (Å²) in [7, 11) is 1.17. The third-order valence-electron chi connectivity index (χ3n) is 3.68. The van der Waals surface area contributed by atoms with E-state index in [-0.39, 0.29) is 11.3 Å². The zero-order valence-corrected chi connectivity index (χ0v) is 14.2. The van der Waals surface area contributed by atoms with E-state index in [2.05, 4.69) is 10.1 Å². The van der Waals surface area contributed by atoms with Gasteiger partial charge in [-0.1, -0.05) is 6.07 Å². The van der Waals surface area contributed by atoms with E-state index in [0.717, 1.165) is 6.07 Å². The minimum atomic E-state index is -1.86. The van der Waals surface area contributed by atoms with Gasteiger partial charge in [-0.2, -0.15) is 9.13 Å². The van der Waals surface area contributed by atoms with Gasteiger partial charge in [0, 0.05) is 5.56 Å². The van der Waals surface area contributed by atoms with Crippen LogP contribution >= 0.6 is 0 Å². The molecule has 1 amide bonds. The molecular formula is C16H16F2N2O7. The molecule has 2 atom stereocenters. The number of aromatic nitrogens is 1. The van der Waals surface area contributed by atoms with Crippen molar-refractivity contribution in [3.05, 3.63) is 51.5 Å². The van der Waals surface area contributed by atoms with Crippen molar-refractivity contribution in [3.8, 4) is 5.75 Å². The van der Waals surface area contributed by atoms with E-state index in [0.29, 0.717) is 4.74 Å². The summed E-state index contributed by atoms with van der Waals surface area (Å²) in [6.45, 7) is 0.744. The number of carboxylic acids is 1. The van der Waals surface area contributed by atoms with Crippen LogP contribution in [-0.2, 0) is 11.3 Å². The quantitative estimate of drug-likeness (QED) is 0.625. The fourth-order valence-corrected chi connectivity index (χ4v) is 2.17. The molecule has 2 rings (SSSR count). The number of nitrogens with zero attached hydrogens (tertiary/aromatic N) is 1. The number of carbonyl (C=O) groups is 2. The number of carbonyl (C=O) groups excluding carboxylic acids is 1. The van der Waals surface area contributed by atoms with Crippen LogP contribution in [0.2, 0.25) is 0 Å². The molecule has 1 aromatic heterocycles. The second-order valence-corrected chi connectivity index (χ2v) is 5.57. The number of carboxylic acid groups (broad SMARTS) is 1. The summed E-state index contributed by atoms with van der Waals surface area (Å²) in [6.07, 6.45) is -1.86. The molecule has 0 aliphatic carbocycles. The van der Waals surface area contributed by atoms with Gasteiger partial charge in [0.2, 0.25) is 11.6 Å². The predicted molar refractivity (Wildman–Crippen MR) is 85.6 cm³/mol. The number of methoxy groups -OCH3 is 1. The smallest absolute Gasteiger partial charge is 0.334 e. The van der Waals surface area contributed by atoms with Crippen LogP contribution in [0, 0.1) is 11.6 Å². The Labute approximate surface area is 150 Å². The predicted octanol–water partition coefficient (Wildman–Crippen LogP) is 0.340. The molecule has 0 fully saturated rings. The Balaban J connectivity index is 2.20. The van der Waals surface area contributed by atoms with Crippen LogP contribution in [0.3, 0.4) is 0 Å². The van der Waals surface area contributed by atoms with Gasteiger partial charge in [-0.25, -0.2) is 9.18 Å². The van der Waals surface area contributed by atoms with Crippen molar-refractivity contribution < 1.29 is 37.8 Å². The highest BCUT2D eigenvalue weighted by molar-refractivity contribution is 5.91. The Morgan fingerprint density at radius 1 is 1.33 bits per heavy atom. The third kappa shape index (κ3) is 4.31. The molecule has 27 heavy (non-hydrogen) atoms. The first-order valence-electron chi connectivity index (χ1n) is 7.59. The molecule has 0 aliphatic rings. The van der Waals surface area contributed by atoms with E-state index >= 15 is 0 Å². The highest BCUT2D eigenvalue weighted by atomic mass is 19.2. The van der Waals surface area contributed by atoms with Gasteiger partial charge in [0.25, 0.3) is 11.5 Å². The number of ether oxygens (including phenoxy) is 1. The van der Waals surface area contributed by atoms with Gasteiger partial charge in [0.1, 0.15) is 0 Å². The molecule has 3 N–H and O–H groups in total. The SMILES string of the molecule is COc1ccc(Cn2oc(C(=O)NC(C)C(O)C(=O)O)cc2=O)c(F)c1F. The molecule has 1 aromatic carbocycles. The zero-order chi connectivity index (χ0) is 20.3. The molecule has 11 heteroatoms. The van der Waals surface area contributed by atoms with Gasteiger partial charge < -0.3 is 24.8 Å². The van der Waals surface area contributed by atoms with Gasteiger partial charge in [-0.05, 0) is 13.0 Å². The first-order valence-corrected chi connectivity index (χ1v) is 7.59. The summed E-state index contributed by atoms with van der Waals surface area (Å²) in [6, 6.07) is 1.99. The number of hydrogen-bond acceptors (Lipinski definition) is 6. The topological polar surface area (TPSA) is 131 Å². The number of amides is 1. The maximum absolute atomic E-state index is 14.0. The van der Waals surface area contributed by atoms with Crippen molar-refractivity contribution in [2.45, 2.75) is 25.6 Å². The average Bonchev–Trinajstić information content (AvgIpc) is 2.99. The zero-order valence-electron chi connectivity index (χ0n) is 14.2. The van der Waals surface area contributed by atoms with E-state index in [4.69, 9.17) is 9.63 Å². The van der Waals surface area contributed by atoms with Crippen LogP contribution in [-0.4, -0.2) is 46.1 Å². The van der Waals surface area contributed by atoms with E-state index in [9.17, 15) is 28.3 Å². The highest BCUT2D eigenvalue weighted by Gasteiger charge is 2.25. The molecule has 0 saturated heterocycles. The summed E-state index contributed by atoms with van der Waals surface area (Å²) < 4.78 is 38.0. The van der Waals surface area contributed by atoms with Crippen molar-refractivity contribution in [2.75, 3.05) is 7.11 Å². The number of halogens is 2. The molecule has 146 valence electrons. The second kappa shape index (κ2) is 7.99. The summed E-state index contributed by atoms with van der Waals surface area (Å²) in [4.78, 5) is 34.6. The number of nitrogens with one attached hydrogen (secondary N) is 1. The lowest BCUT2D eigenvalue weighted by Crippen LogP contribution is -2.44. The van der Waals surface area contributed by atoms with E-state index in [1.165, 1.54) is 26.2 Å². The second-order valence-electron chi connectivity index (χ2n) is 5.57. The lowest BCUT2D eigenvalue weighted by molar-refractivity contribution is -0.147. The van der Waals surface area contributed by atoms with Gasteiger partial charge >= 0.3 is 5.97 Å². The van der Waals surface area contributed by atoms with Crippen LogP contribution in [0.25, 0.3) is 0 Å². The fourth-order valence-electron chi connectivity index (χ4n) is 2.17. The summed E-state index contributed by atoms with van der Waals surface area (Å²) >= 11 is 0. The first-order chi connectivity index (χ1) is 12.6. The first kappa shape index (κ1) is 20.1. The summed E-state index contributed by atoms with van der Waals surface area (Å²) in [5, 5.41) is 20.2. The standard InChI is InChI=1S/C16H16F2N2O7/c1-7(14(22)16(24)25)19-15(23)10-5-11(21)20(27-10)6-8-3-4-9(26-2)13(18)12(8)17/h3-5,7,14,22H,6H2,1-2H3,(H,19,23)(H,24,25). The van der Waals surface area contributed by atoms with Gasteiger partial charge in [0.15, 0.2) is 17.7 Å². The Morgan fingerprint density at radius 3 is 2.59 bits per heavy atom.